The molecule has 1 aromatic carbocycles. The average Bonchev–Trinajstić information content (AvgIpc) is 2.40. The molecule has 6 heteroatoms. The minimum absolute atomic E-state index is 0.0499. The number of piperidine rings is 1. The van der Waals surface area contributed by atoms with E-state index in [1.54, 1.807) is 18.2 Å². The van der Waals surface area contributed by atoms with Crippen LogP contribution in [0.1, 0.15) is 27.2 Å². The number of nitrogens with zero attached hydrogens (tertiary/aromatic N) is 2. The molecule has 0 spiro atoms. The predicted molar refractivity (Wildman–Crippen MR) is 82.8 cm³/mol. The molecule has 0 aromatic heterocycles. The number of anilines is 1. The van der Waals surface area contributed by atoms with Gasteiger partial charge >= 0.3 is 5.69 Å². The van der Waals surface area contributed by atoms with E-state index in [0.29, 0.717) is 17.4 Å². The number of nitro groups is 1. The van der Waals surface area contributed by atoms with E-state index in [-0.39, 0.29) is 22.8 Å². The third kappa shape index (κ3) is 3.44. The van der Waals surface area contributed by atoms with E-state index in [0.717, 1.165) is 19.5 Å². The van der Waals surface area contributed by atoms with Gasteiger partial charge in [-0.2, -0.15) is 0 Å². The molecule has 1 heterocycles. The zero-order valence-electron chi connectivity index (χ0n) is 12.8. The summed E-state index contributed by atoms with van der Waals surface area (Å²) >= 11 is 0. The number of hydrogen-bond donors (Lipinski definition) is 1. The summed E-state index contributed by atoms with van der Waals surface area (Å²) in [5, 5.41) is 11.5. The topological polar surface area (TPSA) is 81.6 Å². The number of nitro benzene ring substituents is 1. The molecule has 1 aliphatic rings. The molecular weight excluding hydrogens is 270 g/mol. The maximum absolute atomic E-state index is 11.5. The molecule has 6 nitrogen and oxygen atoms in total. The normalized spacial score (nSPS) is 22.4. The zero-order chi connectivity index (χ0) is 15.6. The highest BCUT2D eigenvalue weighted by atomic mass is 16.6. The summed E-state index contributed by atoms with van der Waals surface area (Å²) in [6, 6.07) is 5.41. The molecule has 2 atom stereocenters. The van der Waals surface area contributed by atoms with Crippen LogP contribution in [-0.4, -0.2) is 30.2 Å². The van der Waals surface area contributed by atoms with Gasteiger partial charge < -0.3 is 15.4 Å². The lowest BCUT2D eigenvalue weighted by Crippen LogP contribution is -2.46. The fraction of sp³-hybridized carbons (Fsp3) is 0.600. The van der Waals surface area contributed by atoms with Crippen LogP contribution in [0.2, 0.25) is 0 Å². The number of para-hydroxylation sites is 1. The molecule has 0 bridgehead atoms. The Morgan fingerprint density at radius 3 is 2.76 bits per heavy atom. The Balaban J connectivity index is 2.36. The van der Waals surface area contributed by atoms with Crippen LogP contribution in [0.3, 0.4) is 0 Å². The SMILES string of the molecule is CC(C)Oc1cccc(N2CCC(N)C(C)C2)c1[N+](=O)[O-]. The van der Waals surface area contributed by atoms with Crippen molar-refractivity contribution in [3.05, 3.63) is 28.3 Å². The summed E-state index contributed by atoms with van der Waals surface area (Å²) in [6.07, 6.45) is 0.737. The molecule has 1 saturated heterocycles. The Morgan fingerprint density at radius 1 is 1.48 bits per heavy atom. The van der Waals surface area contributed by atoms with Gasteiger partial charge in [0.2, 0.25) is 0 Å². The van der Waals surface area contributed by atoms with Gasteiger partial charge in [0.25, 0.3) is 0 Å². The van der Waals surface area contributed by atoms with E-state index in [1.165, 1.54) is 0 Å². The van der Waals surface area contributed by atoms with E-state index in [9.17, 15) is 10.1 Å². The molecule has 2 unspecified atom stereocenters. The lowest BCUT2D eigenvalue weighted by molar-refractivity contribution is -0.385. The highest BCUT2D eigenvalue weighted by Gasteiger charge is 2.30. The highest BCUT2D eigenvalue weighted by Crippen LogP contribution is 2.39. The van der Waals surface area contributed by atoms with Crippen molar-refractivity contribution < 1.29 is 9.66 Å². The third-order valence-electron chi connectivity index (χ3n) is 3.84. The summed E-state index contributed by atoms with van der Waals surface area (Å²) < 4.78 is 5.59. The minimum atomic E-state index is -0.355. The van der Waals surface area contributed by atoms with Gasteiger partial charge in [0.05, 0.1) is 11.0 Å². The molecule has 1 aliphatic heterocycles. The molecule has 0 aliphatic carbocycles. The summed E-state index contributed by atoms with van der Waals surface area (Å²) in [6.45, 7) is 7.26. The van der Waals surface area contributed by atoms with Crippen molar-refractivity contribution >= 4 is 11.4 Å². The standard InChI is InChI=1S/C15H23N3O3/c1-10(2)21-14-6-4-5-13(15(14)18(19)20)17-8-7-12(16)11(3)9-17/h4-6,10-12H,7-9,16H2,1-3H3. The number of ether oxygens (including phenoxy) is 1. The summed E-state index contributed by atoms with van der Waals surface area (Å²) in [7, 11) is 0. The smallest absolute Gasteiger partial charge is 0.333 e. The second-order valence-electron chi connectivity index (χ2n) is 5.92. The second-order valence-corrected chi connectivity index (χ2v) is 5.92. The van der Waals surface area contributed by atoms with Crippen LogP contribution < -0.4 is 15.4 Å². The van der Waals surface area contributed by atoms with Crippen molar-refractivity contribution in [1.82, 2.24) is 0 Å². The first-order valence-electron chi connectivity index (χ1n) is 7.34. The molecule has 2 N–H and O–H groups in total. The average molecular weight is 293 g/mol. The first kappa shape index (κ1) is 15.6. The Labute approximate surface area is 125 Å². The maximum Gasteiger partial charge on any atom is 0.333 e. The van der Waals surface area contributed by atoms with E-state index >= 15 is 0 Å². The fourth-order valence-electron chi connectivity index (χ4n) is 2.68. The molecule has 21 heavy (non-hydrogen) atoms. The Bertz CT molecular complexity index is 519. The first-order chi connectivity index (χ1) is 9.90. The molecule has 0 radical (unpaired) electrons. The fourth-order valence-corrected chi connectivity index (χ4v) is 2.68. The van der Waals surface area contributed by atoms with Crippen LogP contribution >= 0.6 is 0 Å². The summed E-state index contributed by atoms with van der Waals surface area (Å²) in [4.78, 5) is 13.2. The van der Waals surface area contributed by atoms with Gasteiger partial charge in [-0.15, -0.1) is 0 Å². The molecular formula is C15H23N3O3. The summed E-state index contributed by atoms with van der Waals surface area (Å²) in [5.74, 6) is 0.642. The third-order valence-corrected chi connectivity index (χ3v) is 3.84. The van der Waals surface area contributed by atoms with E-state index in [4.69, 9.17) is 10.5 Å². The Morgan fingerprint density at radius 2 is 2.19 bits per heavy atom. The molecule has 1 fully saturated rings. The van der Waals surface area contributed by atoms with Crippen molar-refractivity contribution in [3.63, 3.8) is 0 Å². The van der Waals surface area contributed by atoms with Gasteiger partial charge in [-0.25, -0.2) is 0 Å². The van der Waals surface area contributed by atoms with Crippen LogP contribution in [-0.2, 0) is 0 Å². The van der Waals surface area contributed by atoms with Crippen molar-refractivity contribution in [2.24, 2.45) is 11.7 Å². The Hall–Kier alpha value is -1.82. The van der Waals surface area contributed by atoms with Gasteiger partial charge in [0.1, 0.15) is 5.69 Å². The molecule has 0 saturated carbocycles. The minimum Gasteiger partial charge on any atom is -0.484 e. The predicted octanol–water partition coefficient (Wildman–Crippen LogP) is 2.56. The van der Waals surface area contributed by atoms with Gasteiger partial charge in [-0.1, -0.05) is 13.0 Å². The molecule has 116 valence electrons. The van der Waals surface area contributed by atoms with Crippen LogP contribution in [0.5, 0.6) is 5.75 Å². The lowest BCUT2D eigenvalue weighted by Gasteiger charge is -2.36. The molecule has 0 amide bonds. The number of nitrogens with two attached hydrogens (primary N) is 1. The number of rotatable bonds is 4. The van der Waals surface area contributed by atoms with Gasteiger partial charge in [-0.3, -0.25) is 10.1 Å². The first-order valence-corrected chi connectivity index (χ1v) is 7.34. The van der Waals surface area contributed by atoms with E-state index < -0.39 is 0 Å². The lowest BCUT2D eigenvalue weighted by atomic mass is 9.94. The van der Waals surface area contributed by atoms with E-state index in [2.05, 4.69) is 6.92 Å². The van der Waals surface area contributed by atoms with Crippen molar-refractivity contribution in [2.75, 3.05) is 18.0 Å². The van der Waals surface area contributed by atoms with Crippen molar-refractivity contribution in [2.45, 2.75) is 39.3 Å². The second kappa shape index (κ2) is 6.30. The van der Waals surface area contributed by atoms with Crippen molar-refractivity contribution in [3.8, 4) is 5.75 Å². The largest absolute Gasteiger partial charge is 0.484 e. The quantitative estimate of drug-likeness (QED) is 0.681. The van der Waals surface area contributed by atoms with Crippen molar-refractivity contribution in [1.29, 1.82) is 0 Å². The summed E-state index contributed by atoms with van der Waals surface area (Å²) in [5.41, 5.74) is 6.70. The zero-order valence-corrected chi connectivity index (χ0v) is 12.8. The van der Waals surface area contributed by atoms with Crippen LogP contribution in [0.4, 0.5) is 11.4 Å². The molecule has 1 aromatic rings. The monoisotopic (exact) mass is 293 g/mol. The van der Waals surface area contributed by atoms with Gasteiger partial charge in [0, 0.05) is 19.1 Å². The highest BCUT2D eigenvalue weighted by molar-refractivity contribution is 5.70. The van der Waals surface area contributed by atoms with Crippen LogP contribution in [0, 0.1) is 16.0 Å². The Kier molecular flexibility index (Phi) is 4.67. The van der Waals surface area contributed by atoms with Crippen LogP contribution in [0.25, 0.3) is 0 Å². The molecule has 2 rings (SSSR count). The maximum atomic E-state index is 11.5. The number of benzene rings is 1. The van der Waals surface area contributed by atoms with E-state index in [1.807, 2.05) is 18.7 Å². The number of hydrogen-bond acceptors (Lipinski definition) is 5. The van der Waals surface area contributed by atoms with Gasteiger partial charge in [-0.05, 0) is 38.3 Å². The van der Waals surface area contributed by atoms with Gasteiger partial charge in [0.15, 0.2) is 5.75 Å². The van der Waals surface area contributed by atoms with Crippen LogP contribution in [0.15, 0.2) is 18.2 Å².